The average Bonchev–Trinajstić information content (AvgIpc) is 2.86. The van der Waals surface area contributed by atoms with Crippen LogP contribution in [0.2, 0.25) is 0 Å². The molecule has 4 aromatic rings. The van der Waals surface area contributed by atoms with Gasteiger partial charge >= 0.3 is 5.69 Å². The topological polar surface area (TPSA) is 108 Å². The highest BCUT2D eigenvalue weighted by Crippen LogP contribution is 2.13. The third-order valence-electron chi connectivity index (χ3n) is 4.91. The Kier molecular flexibility index (Phi) is 6.40. The van der Waals surface area contributed by atoms with Crippen LogP contribution in [0.3, 0.4) is 0 Å². The highest BCUT2D eigenvalue weighted by atomic mass is 16.5. The Hall–Kier alpha value is -4.53. The van der Waals surface area contributed by atoms with Crippen LogP contribution in [-0.2, 0) is 13.1 Å². The first-order valence-corrected chi connectivity index (χ1v) is 10.2. The van der Waals surface area contributed by atoms with Crippen LogP contribution < -0.4 is 21.3 Å². The summed E-state index contributed by atoms with van der Waals surface area (Å²) in [6.45, 7) is 0.0614. The number of hydrogen-bond acceptors (Lipinski definition) is 6. The summed E-state index contributed by atoms with van der Waals surface area (Å²) in [4.78, 5) is 43.4. The number of methoxy groups -OCH3 is 1. The number of nitrogens with zero attached hydrogens (tertiary/aromatic N) is 4. The van der Waals surface area contributed by atoms with Gasteiger partial charge in [0, 0.05) is 6.20 Å². The van der Waals surface area contributed by atoms with Gasteiger partial charge in [-0.05, 0) is 42.0 Å². The third kappa shape index (κ3) is 4.87. The summed E-state index contributed by atoms with van der Waals surface area (Å²) in [5.41, 5.74) is -0.111. The molecule has 0 aliphatic rings. The van der Waals surface area contributed by atoms with Gasteiger partial charge in [-0.2, -0.15) is 9.78 Å². The largest absolute Gasteiger partial charge is 0.497 e. The van der Waals surface area contributed by atoms with Crippen molar-refractivity contribution in [1.82, 2.24) is 24.6 Å². The van der Waals surface area contributed by atoms with Crippen LogP contribution in [0.1, 0.15) is 21.7 Å². The second-order valence-corrected chi connectivity index (χ2v) is 7.13. The van der Waals surface area contributed by atoms with Gasteiger partial charge in [-0.3, -0.25) is 19.1 Å². The second-order valence-electron chi connectivity index (χ2n) is 7.13. The predicted octanol–water partition coefficient (Wildman–Crippen LogP) is 1.78. The summed E-state index contributed by atoms with van der Waals surface area (Å²) >= 11 is 0. The number of rotatable bonds is 7. The number of carbonyl (C=O) groups is 1. The number of para-hydroxylation sites is 1. The van der Waals surface area contributed by atoms with Gasteiger partial charge in [-0.1, -0.05) is 36.4 Å². The van der Waals surface area contributed by atoms with Crippen LogP contribution in [0.5, 0.6) is 5.75 Å². The van der Waals surface area contributed by atoms with Crippen molar-refractivity contribution in [3.05, 3.63) is 117 Å². The number of amides is 1. The molecule has 33 heavy (non-hydrogen) atoms. The molecular weight excluding hydrogens is 422 g/mol. The molecule has 0 saturated carbocycles. The summed E-state index contributed by atoms with van der Waals surface area (Å²) in [6, 6.07) is 20.9. The van der Waals surface area contributed by atoms with Crippen LogP contribution >= 0.6 is 0 Å². The lowest BCUT2D eigenvalue weighted by molar-refractivity contribution is 0.0940. The molecule has 4 rings (SSSR count). The molecule has 1 N–H and O–H groups in total. The summed E-state index contributed by atoms with van der Waals surface area (Å²) in [7, 11) is 1.53. The maximum Gasteiger partial charge on any atom is 0.352 e. The molecule has 0 fully saturated rings. The lowest BCUT2D eigenvalue weighted by Crippen LogP contribution is -2.46. The molecule has 0 aliphatic carbocycles. The third-order valence-corrected chi connectivity index (χ3v) is 4.91. The van der Waals surface area contributed by atoms with E-state index in [1.54, 1.807) is 79.0 Å². The van der Waals surface area contributed by atoms with Gasteiger partial charge in [0.1, 0.15) is 5.75 Å². The molecule has 0 aliphatic heterocycles. The van der Waals surface area contributed by atoms with Crippen LogP contribution in [-0.4, -0.2) is 32.3 Å². The molecule has 0 atom stereocenters. The van der Waals surface area contributed by atoms with Crippen molar-refractivity contribution in [3.8, 4) is 11.4 Å². The Morgan fingerprint density at radius 1 is 1.00 bits per heavy atom. The first kappa shape index (κ1) is 21.7. The predicted molar refractivity (Wildman–Crippen MR) is 122 cm³/mol. The monoisotopic (exact) mass is 443 g/mol. The minimum atomic E-state index is -0.784. The summed E-state index contributed by atoms with van der Waals surface area (Å²) in [5, 5.41) is 6.75. The minimum Gasteiger partial charge on any atom is -0.497 e. The van der Waals surface area contributed by atoms with Gasteiger partial charge in [0.05, 0.1) is 31.6 Å². The van der Waals surface area contributed by atoms with E-state index < -0.39 is 22.9 Å². The molecule has 2 aromatic carbocycles. The molecule has 2 heterocycles. The maximum absolute atomic E-state index is 13.2. The second kappa shape index (κ2) is 9.73. The Morgan fingerprint density at radius 2 is 1.79 bits per heavy atom. The van der Waals surface area contributed by atoms with Crippen molar-refractivity contribution >= 4 is 5.91 Å². The van der Waals surface area contributed by atoms with Crippen LogP contribution in [0.25, 0.3) is 5.69 Å². The Morgan fingerprint density at radius 3 is 2.52 bits per heavy atom. The van der Waals surface area contributed by atoms with Gasteiger partial charge in [0.15, 0.2) is 0 Å². The number of pyridine rings is 1. The normalized spacial score (nSPS) is 10.6. The zero-order chi connectivity index (χ0) is 23.2. The molecule has 9 heteroatoms. The first-order chi connectivity index (χ1) is 16.1. The number of aromatic nitrogens is 4. The fourth-order valence-corrected chi connectivity index (χ4v) is 3.24. The Labute approximate surface area is 188 Å². The van der Waals surface area contributed by atoms with Gasteiger partial charge in [-0.15, -0.1) is 0 Å². The first-order valence-electron chi connectivity index (χ1n) is 10.2. The van der Waals surface area contributed by atoms with E-state index >= 15 is 0 Å². The number of nitrogens with one attached hydrogen (secondary N) is 1. The van der Waals surface area contributed by atoms with Crippen molar-refractivity contribution < 1.29 is 9.53 Å². The molecule has 166 valence electrons. The molecule has 0 spiro atoms. The van der Waals surface area contributed by atoms with E-state index in [0.717, 1.165) is 9.25 Å². The van der Waals surface area contributed by atoms with Gasteiger partial charge < -0.3 is 10.1 Å². The highest BCUT2D eigenvalue weighted by molar-refractivity contribution is 5.91. The summed E-state index contributed by atoms with van der Waals surface area (Å²) < 4.78 is 7.27. The molecule has 0 saturated heterocycles. The fourth-order valence-electron chi connectivity index (χ4n) is 3.24. The maximum atomic E-state index is 13.2. The van der Waals surface area contributed by atoms with E-state index in [-0.39, 0.29) is 13.1 Å². The van der Waals surface area contributed by atoms with E-state index in [1.165, 1.54) is 7.11 Å². The SMILES string of the molecule is COc1cccc(Cn2c(=O)c(C(=O)NCc3ccccn3)nn(-c3ccccc3)c2=O)c1. The molecule has 0 radical (unpaired) electrons. The van der Waals surface area contributed by atoms with E-state index in [1.807, 2.05) is 0 Å². The van der Waals surface area contributed by atoms with Gasteiger partial charge in [0.2, 0.25) is 5.69 Å². The quantitative estimate of drug-likeness (QED) is 0.467. The van der Waals surface area contributed by atoms with Crippen molar-refractivity contribution in [1.29, 1.82) is 0 Å². The van der Waals surface area contributed by atoms with Crippen LogP contribution in [0, 0.1) is 0 Å². The summed E-state index contributed by atoms with van der Waals surface area (Å²) in [6.07, 6.45) is 1.61. The number of carbonyl (C=O) groups excluding carboxylic acids is 1. The van der Waals surface area contributed by atoms with Gasteiger partial charge in [-0.25, -0.2) is 4.79 Å². The number of benzene rings is 2. The Balaban J connectivity index is 1.77. The van der Waals surface area contributed by atoms with Crippen LogP contribution in [0.4, 0.5) is 0 Å². The number of ether oxygens (including phenoxy) is 1. The fraction of sp³-hybridized carbons (Fsp3) is 0.125. The van der Waals surface area contributed by atoms with Crippen molar-refractivity contribution in [2.45, 2.75) is 13.1 Å². The smallest absolute Gasteiger partial charge is 0.352 e. The van der Waals surface area contributed by atoms with E-state index in [2.05, 4.69) is 15.4 Å². The van der Waals surface area contributed by atoms with E-state index in [0.29, 0.717) is 22.7 Å². The van der Waals surface area contributed by atoms with Crippen molar-refractivity contribution in [2.75, 3.05) is 7.11 Å². The lowest BCUT2D eigenvalue weighted by atomic mass is 10.2. The molecular formula is C24H21N5O4. The average molecular weight is 443 g/mol. The van der Waals surface area contributed by atoms with Crippen molar-refractivity contribution in [3.63, 3.8) is 0 Å². The highest BCUT2D eigenvalue weighted by Gasteiger charge is 2.20. The molecule has 0 unspecified atom stereocenters. The lowest BCUT2D eigenvalue weighted by Gasteiger charge is -2.13. The van der Waals surface area contributed by atoms with E-state index in [9.17, 15) is 14.4 Å². The molecule has 9 nitrogen and oxygen atoms in total. The van der Waals surface area contributed by atoms with Gasteiger partial charge in [0.25, 0.3) is 11.5 Å². The zero-order valence-electron chi connectivity index (χ0n) is 17.8. The zero-order valence-corrected chi connectivity index (χ0v) is 17.8. The minimum absolute atomic E-state index is 0.0509. The molecule has 1 amide bonds. The van der Waals surface area contributed by atoms with E-state index in [4.69, 9.17) is 4.74 Å². The summed E-state index contributed by atoms with van der Waals surface area (Å²) in [5.74, 6) is -0.110. The standard InChI is InChI=1S/C24H21N5O4/c1-33-20-12-7-8-17(14-20)16-28-23(31)21(22(30)26-15-18-9-5-6-13-25-18)27-29(24(28)32)19-10-3-2-4-11-19/h2-14H,15-16H2,1H3,(H,26,30). The van der Waals surface area contributed by atoms with Crippen molar-refractivity contribution in [2.24, 2.45) is 0 Å². The van der Waals surface area contributed by atoms with Crippen LogP contribution in [0.15, 0.2) is 88.6 Å². The number of hydrogen-bond donors (Lipinski definition) is 1. The Bertz CT molecular complexity index is 1380. The molecule has 2 aromatic heterocycles. The molecule has 0 bridgehead atoms.